The predicted molar refractivity (Wildman–Crippen MR) is 67.2 cm³/mol. The van der Waals surface area contributed by atoms with Gasteiger partial charge in [0.1, 0.15) is 0 Å². The highest BCUT2D eigenvalue weighted by molar-refractivity contribution is 5.20. The topological polar surface area (TPSA) is 82.9 Å². The van der Waals surface area contributed by atoms with E-state index in [0.717, 1.165) is 11.3 Å². The van der Waals surface area contributed by atoms with E-state index in [1.54, 1.807) is 31.7 Å². The number of hydrogen-bond acceptors (Lipinski definition) is 4. The minimum Gasteiger partial charge on any atom is -0.325 e. The molecule has 6 heteroatoms. The van der Waals surface area contributed by atoms with Crippen molar-refractivity contribution in [2.75, 3.05) is 0 Å². The monoisotopic (exact) mass is 246 g/mol. The van der Waals surface area contributed by atoms with Crippen LogP contribution in [0.5, 0.6) is 0 Å². The summed E-state index contributed by atoms with van der Waals surface area (Å²) in [6, 6.07) is 3.62. The second-order valence-electron chi connectivity index (χ2n) is 3.96. The lowest BCUT2D eigenvalue weighted by molar-refractivity contribution is 0.687. The molecule has 6 nitrogen and oxygen atoms in total. The molecule has 0 saturated carbocycles. The van der Waals surface area contributed by atoms with Gasteiger partial charge in [-0.2, -0.15) is 0 Å². The van der Waals surface area contributed by atoms with Crippen molar-refractivity contribution < 1.29 is 0 Å². The molecule has 2 heterocycles. The lowest BCUT2D eigenvalue weighted by Crippen LogP contribution is -2.39. The van der Waals surface area contributed by atoms with Gasteiger partial charge in [-0.1, -0.05) is 6.07 Å². The highest BCUT2D eigenvalue weighted by atomic mass is 16.2. The predicted octanol–water partition coefficient (Wildman–Crippen LogP) is -0.551. The fourth-order valence-electron chi connectivity index (χ4n) is 1.70. The molecule has 0 saturated heterocycles. The average Bonchev–Trinajstić information content (AvgIpc) is 2.40. The Hall–Kier alpha value is -2.21. The number of aromatic nitrogens is 3. The molecule has 0 unspecified atom stereocenters. The number of nitrogens with two attached hydrogens (primary N) is 1. The quantitative estimate of drug-likeness (QED) is 0.736. The zero-order valence-electron chi connectivity index (χ0n) is 10.0. The summed E-state index contributed by atoms with van der Waals surface area (Å²) in [6.45, 7) is 0.602. The van der Waals surface area contributed by atoms with Crippen LogP contribution >= 0.6 is 0 Å². The molecule has 2 aromatic heterocycles. The number of hydrogen-bond donors (Lipinski definition) is 1. The summed E-state index contributed by atoms with van der Waals surface area (Å²) in [6.07, 6.45) is 4.79. The Morgan fingerprint density at radius 1 is 1.28 bits per heavy atom. The van der Waals surface area contributed by atoms with Crippen LogP contribution in [0.3, 0.4) is 0 Å². The maximum Gasteiger partial charge on any atom is 0.316 e. The summed E-state index contributed by atoms with van der Waals surface area (Å²) < 4.78 is 2.62. The van der Waals surface area contributed by atoms with Gasteiger partial charge in [0, 0.05) is 32.2 Å². The van der Waals surface area contributed by atoms with Crippen molar-refractivity contribution in [3.63, 3.8) is 0 Å². The summed E-state index contributed by atoms with van der Waals surface area (Å²) in [7, 11) is 1.55. The van der Waals surface area contributed by atoms with Crippen LogP contribution in [0.1, 0.15) is 11.3 Å². The van der Waals surface area contributed by atoms with Crippen LogP contribution < -0.4 is 16.9 Å². The van der Waals surface area contributed by atoms with Crippen LogP contribution in [0.15, 0.2) is 40.3 Å². The van der Waals surface area contributed by atoms with Crippen molar-refractivity contribution in [2.24, 2.45) is 12.8 Å². The molecule has 94 valence electrons. The SMILES string of the molecule is Cn1ccn(Cc2cccnc2CN)c(=O)c1=O. The third-order valence-corrected chi connectivity index (χ3v) is 2.75. The molecule has 0 aliphatic rings. The van der Waals surface area contributed by atoms with E-state index >= 15 is 0 Å². The second-order valence-corrected chi connectivity index (χ2v) is 3.96. The molecule has 0 fully saturated rings. The number of rotatable bonds is 3. The van der Waals surface area contributed by atoms with Crippen molar-refractivity contribution in [3.05, 3.63) is 62.7 Å². The Bertz CT molecular complexity index is 672. The van der Waals surface area contributed by atoms with E-state index < -0.39 is 11.1 Å². The van der Waals surface area contributed by atoms with Crippen molar-refractivity contribution in [1.82, 2.24) is 14.1 Å². The zero-order valence-corrected chi connectivity index (χ0v) is 10.0. The van der Waals surface area contributed by atoms with E-state index in [0.29, 0.717) is 13.1 Å². The summed E-state index contributed by atoms with van der Waals surface area (Å²) in [5, 5.41) is 0. The van der Waals surface area contributed by atoms with E-state index in [4.69, 9.17) is 5.73 Å². The summed E-state index contributed by atoms with van der Waals surface area (Å²) in [5.74, 6) is 0. The van der Waals surface area contributed by atoms with Gasteiger partial charge in [0.05, 0.1) is 12.2 Å². The highest BCUT2D eigenvalue weighted by Crippen LogP contribution is 2.05. The number of pyridine rings is 1. The molecule has 2 N–H and O–H groups in total. The maximum atomic E-state index is 11.8. The van der Waals surface area contributed by atoms with Gasteiger partial charge in [0.2, 0.25) is 0 Å². The molecule has 0 aromatic carbocycles. The van der Waals surface area contributed by atoms with Gasteiger partial charge >= 0.3 is 11.1 Å². The molecule has 0 atom stereocenters. The first-order valence-corrected chi connectivity index (χ1v) is 5.52. The minimum atomic E-state index is -0.549. The van der Waals surface area contributed by atoms with Crippen LogP contribution in [0.4, 0.5) is 0 Å². The molecular formula is C12H14N4O2. The molecule has 18 heavy (non-hydrogen) atoms. The fourth-order valence-corrected chi connectivity index (χ4v) is 1.70. The standard InChI is InChI=1S/C12H14N4O2/c1-15-5-6-16(12(18)11(15)17)8-9-3-2-4-14-10(9)7-13/h2-6H,7-8,13H2,1H3. The van der Waals surface area contributed by atoms with Crippen molar-refractivity contribution in [1.29, 1.82) is 0 Å². The average molecular weight is 246 g/mol. The van der Waals surface area contributed by atoms with E-state index in [2.05, 4.69) is 4.98 Å². The van der Waals surface area contributed by atoms with E-state index in [1.165, 1.54) is 9.13 Å². The number of nitrogens with zero attached hydrogens (tertiary/aromatic N) is 3. The van der Waals surface area contributed by atoms with Gasteiger partial charge in [-0.25, -0.2) is 0 Å². The lowest BCUT2D eigenvalue weighted by Gasteiger charge is -2.09. The molecule has 0 spiro atoms. The molecule has 0 bridgehead atoms. The van der Waals surface area contributed by atoms with Crippen molar-refractivity contribution in [2.45, 2.75) is 13.1 Å². The Labute approximate surface area is 103 Å². The molecule has 2 aromatic rings. The largest absolute Gasteiger partial charge is 0.325 e. The zero-order chi connectivity index (χ0) is 13.1. The summed E-state index contributed by atoms with van der Waals surface area (Å²) in [4.78, 5) is 27.4. The minimum absolute atomic E-state index is 0.301. The molecule has 0 radical (unpaired) electrons. The van der Waals surface area contributed by atoms with E-state index in [-0.39, 0.29) is 0 Å². The Morgan fingerprint density at radius 3 is 2.78 bits per heavy atom. The molecule has 0 amide bonds. The molecule has 2 rings (SSSR count). The smallest absolute Gasteiger partial charge is 0.316 e. The first-order valence-electron chi connectivity index (χ1n) is 5.52. The maximum absolute atomic E-state index is 11.8. The van der Waals surface area contributed by atoms with Gasteiger partial charge in [-0.05, 0) is 11.6 Å². The second kappa shape index (κ2) is 4.97. The van der Waals surface area contributed by atoms with Crippen molar-refractivity contribution >= 4 is 0 Å². The Balaban J connectivity index is 2.44. The highest BCUT2D eigenvalue weighted by Gasteiger charge is 2.06. The van der Waals surface area contributed by atoms with Gasteiger partial charge in [-0.3, -0.25) is 14.6 Å². The van der Waals surface area contributed by atoms with Gasteiger partial charge in [-0.15, -0.1) is 0 Å². The number of aryl methyl sites for hydroxylation is 1. The molecular weight excluding hydrogens is 232 g/mol. The normalized spacial score (nSPS) is 10.6. The summed E-state index contributed by atoms with van der Waals surface area (Å²) in [5.41, 5.74) is 6.06. The van der Waals surface area contributed by atoms with Crippen LogP contribution in [0.25, 0.3) is 0 Å². The van der Waals surface area contributed by atoms with Gasteiger partial charge in [0.25, 0.3) is 0 Å². The van der Waals surface area contributed by atoms with Crippen LogP contribution in [0.2, 0.25) is 0 Å². The molecule has 0 aliphatic carbocycles. The Kier molecular flexibility index (Phi) is 3.38. The third kappa shape index (κ3) is 2.23. The first kappa shape index (κ1) is 12.3. The van der Waals surface area contributed by atoms with E-state index in [1.807, 2.05) is 6.07 Å². The fraction of sp³-hybridized carbons (Fsp3) is 0.250. The van der Waals surface area contributed by atoms with Gasteiger partial charge in [0.15, 0.2) is 0 Å². The van der Waals surface area contributed by atoms with Gasteiger partial charge < -0.3 is 14.9 Å². The lowest BCUT2D eigenvalue weighted by atomic mass is 10.2. The Morgan fingerprint density at radius 2 is 2.06 bits per heavy atom. The van der Waals surface area contributed by atoms with Crippen LogP contribution in [-0.2, 0) is 20.1 Å². The van der Waals surface area contributed by atoms with E-state index in [9.17, 15) is 9.59 Å². The van der Waals surface area contributed by atoms with Crippen LogP contribution in [0, 0.1) is 0 Å². The third-order valence-electron chi connectivity index (χ3n) is 2.75. The first-order chi connectivity index (χ1) is 8.63. The molecule has 0 aliphatic heterocycles. The van der Waals surface area contributed by atoms with Crippen LogP contribution in [-0.4, -0.2) is 14.1 Å². The summed E-state index contributed by atoms with van der Waals surface area (Å²) >= 11 is 0. The van der Waals surface area contributed by atoms with Crippen molar-refractivity contribution in [3.8, 4) is 0 Å².